The number of para-hydroxylation sites is 2. The summed E-state index contributed by atoms with van der Waals surface area (Å²) < 4.78 is 24.0. The van der Waals surface area contributed by atoms with E-state index in [9.17, 15) is 0 Å². The normalized spacial score (nSPS) is 17.4. The summed E-state index contributed by atoms with van der Waals surface area (Å²) in [5.74, 6) is 4.94. The van der Waals surface area contributed by atoms with Crippen LogP contribution in [0.3, 0.4) is 0 Å². The smallest absolute Gasteiger partial charge is 0.152 e. The van der Waals surface area contributed by atoms with Gasteiger partial charge in [-0.05, 0) is 58.2 Å². The highest BCUT2D eigenvalue weighted by Crippen LogP contribution is 2.70. The van der Waals surface area contributed by atoms with Gasteiger partial charge in [-0.1, -0.05) is 123 Å². The second-order valence-corrected chi connectivity index (χ2v) is 22.8. The molecule has 0 aliphatic carbocycles. The first kappa shape index (κ1) is 33.3. The van der Waals surface area contributed by atoms with Crippen LogP contribution in [0, 0.1) is 0 Å². The summed E-state index contributed by atoms with van der Waals surface area (Å²) in [6.07, 6.45) is 0. The Morgan fingerprint density at radius 1 is 0.509 bits per heavy atom. The molecule has 274 valence electrons. The van der Waals surface area contributed by atoms with Crippen molar-refractivity contribution in [3.8, 4) is 40.2 Å². The number of nitrogens with zero attached hydrogens (tertiary/aromatic N) is 2. The van der Waals surface area contributed by atoms with E-state index in [-0.39, 0.29) is 16.2 Å². The summed E-state index contributed by atoms with van der Waals surface area (Å²) >= 11 is 7.36. The van der Waals surface area contributed by atoms with E-state index in [0.717, 1.165) is 95.3 Å². The van der Waals surface area contributed by atoms with Gasteiger partial charge in [-0.15, -0.1) is 0 Å². The van der Waals surface area contributed by atoms with Crippen LogP contribution in [0.4, 0.5) is 17.1 Å². The van der Waals surface area contributed by atoms with Gasteiger partial charge in [-0.2, -0.15) is 0 Å². The molecule has 0 saturated heterocycles. The van der Waals surface area contributed by atoms with Gasteiger partial charge in [0.1, 0.15) is 28.7 Å². The standard InChI is InChI=1S/C48H43N2O3PS/c1-46(2,3)26-18-20-34-36(22-26)51-37-25-31(48(7,8)9)42-45-40(37)50(34)35-21-19-30(47(4,5)6)41-43(35)54(45,55)44-38(52-41)23-27(24-39(44)53-42)49-32-16-12-10-14-28(32)29-15-11-13-17-33(29)49/h10-25H,1-9H3. The molecule has 4 aliphatic rings. The molecule has 0 fully saturated rings. The number of hydrogen-bond donors (Lipinski definition) is 0. The van der Waals surface area contributed by atoms with Crippen molar-refractivity contribution in [2.45, 2.75) is 78.6 Å². The Hall–Kier alpha value is -5.03. The number of rotatable bonds is 1. The maximum Gasteiger partial charge on any atom is 0.152 e. The number of fused-ring (bicyclic) bond motifs is 6. The summed E-state index contributed by atoms with van der Waals surface area (Å²) in [5.41, 5.74) is 9.23. The lowest BCUT2D eigenvalue weighted by molar-refractivity contribution is 0.435. The minimum absolute atomic E-state index is 0.0400. The maximum atomic E-state index is 7.36. The van der Waals surface area contributed by atoms with Crippen LogP contribution in [0.25, 0.3) is 27.5 Å². The molecule has 0 radical (unpaired) electrons. The SMILES string of the molecule is CC(C)(C)c1ccc2c(c1)Oc1cc(C(C)(C)C)c3c4c1N2c1ccc(C(C)(C)C)c2c1P4(=S)c1c(cc(-n4c5ccccc5c5ccccc54)cc1O3)O2. The Morgan fingerprint density at radius 3 is 1.69 bits per heavy atom. The molecule has 5 heterocycles. The van der Waals surface area contributed by atoms with Crippen molar-refractivity contribution >= 4 is 72.6 Å². The lowest BCUT2D eigenvalue weighted by Gasteiger charge is -2.49. The highest BCUT2D eigenvalue weighted by atomic mass is 32.4. The van der Waals surface area contributed by atoms with Crippen LogP contribution in [0.2, 0.25) is 0 Å². The van der Waals surface area contributed by atoms with Crippen molar-refractivity contribution in [3.63, 3.8) is 0 Å². The first-order valence-electron chi connectivity index (χ1n) is 19.2. The molecule has 1 unspecified atom stereocenters. The highest BCUT2D eigenvalue weighted by Gasteiger charge is 2.54. The Bertz CT molecular complexity index is 2880. The molecule has 11 rings (SSSR count). The van der Waals surface area contributed by atoms with Gasteiger partial charge in [0.25, 0.3) is 0 Å². The van der Waals surface area contributed by atoms with Crippen LogP contribution in [0.5, 0.6) is 34.5 Å². The van der Waals surface area contributed by atoms with Gasteiger partial charge in [-0.3, -0.25) is 0 Å². The molecule has 0 saturated carbocycles. The van der Waals surface area contributed by atoms with Crippen molar-refractivity contribution in [1.29, 1.82) is 0 Å². The van der Waals surface area contributed by atoms with Crippen molar-refractivity contribution in [2.75, 3.05) is 4.90 Å². The summed E-state index contributed by atoms with van der Waals surface area (Å²) in [6.45, 7) is 20.3. The van der Waals surface area contributed by atoms with Gasteiger partial charge >= 0.3 is 0 Å². The van der Waals surface area contributed by atoms with Gasteiger partial charge in [-0.25, -0.2) is 0 Å². The lowest BCUT2D eigenvalue weighted by Crippen LogP contribution is -2.44. The van der Waals surface area contributed by atoms with E-state index in [1.807, 2.05) is 0 Å². The van der Waals surface area contributed by atoms with E-state index in [1.54, 1.807) is 0 Å². The molecule has 0 N–H and O–H groups in total. The fourth-order valence-corrected chi connectivity index (χ4v) is 14.3. The molecule has 0 spiro atoms. The van der Waals surface area contributed by atoms with Gasteiger partial charge in [0, 0.05) is 34.0 Å². The average Bonchev–Trinajstić information content (AvgIpc) is 3.46. The number of hydrogen-bond acceptors (Lipinski definition) is 5. The van der Waals surface area contributed by atoms with Crippen LogP contribution >= 0.6 is 6.04 Å². The van der Waals surface area contributed by atoms with Crippen LogP contribution < -0.4 is 35.0 Å². The third kappa shape index (κ3) is 4.28. The van der Waals surface area contributed by atoms with Gasteiger partial charge in [0.15, 0.2) is 11.5 Å². The summed E-state index contributed by atoms with van der Waals surface area (Å²) in [6, 6.07) is 32.2. The zero-order valence-electron chi connectivity index (χ0n) is 32.7. The fourth-order valence-electron chi connectivity index (χ4n) is 9.26. The van der Waals surface area contributed by atoms with E-state index < -0.39 is 6.04 Å². The molecule has 7 aromatic rings. The van der Waals surface area contributed by atoms with E-state index >= 15 is 0 Å². The second-order valence-electron chi connectivity index (χ2n) is 18.6. The minimum Gasteiger partial charge on any atom is -0.455 e. The van der Waals surface area contributed by atoms with Crippen LogP contribution in [-0.4, -0.2) is 4.57 Å². The Labute approximate surface area is 327 Å². The average molecular weight is 759 g/mol. The lowest BCUT2D eigenvalue weighted by atomic mass is 9.84. The number of aromatic nitrogens is 1. The zero-order valence-corrected chi connectivity index (χ0v) is 34.4. The molecular formula is C48H43N2O3PS. The van der Waals surface area contributed by atoms with Crippen molar-refractivity contribution in [3.05, 3.63) is 114 Å². The first-order chi connectivity index (χ1) is 26.0. The highest BCUT2D eigenvalue weighted by molar-refractivity contribution is 8.26. The van der Waals surface area contributed by atoms with Crippen LogP contribution in [0.1, 0.15) is 79.0 Å². The van der Waals surface area contributed by atoms with E-state index in [4.69, 9.17) is 26.0 Å². The third-order valence-corrected chi connectivity index (χ3v) is 16.7. The van der Waals surface area contributed by atoms with Crippen molar-refractivity contribution in [2.24, 2.45) is 0 Å². The van der Waals surface area contributed by atoms with Gasteiger partial charge in [0.2, 0.25) is 0 Å². The molecular weight excluding hydrogens is 716 g/mol. The fraction of sp³-hybridized carbons (Fsp3) is 0.250. The predicted molar refractivity (Wildman–Crippen MR) is 231 cm³/mol. The molecule has 5 nitrogen and oxygen atoms in total. The summed E-state index contributed by atoms with van der Waals surface area (Å²) in [7, 11) is 0. The number of ether oxygens (including phenoxy) is 3. The molecule has 55 heavy (non-hydrogen) atoms. The third-order valence-electron chi connectivity index (χ3n) is 11.9. The quantitative estimate of drug-likeness (QED) is 0.156. The monoisotopic (exact) mass is 758 g/mol. The summed E-state index contributed by atoms with van der Waals surface area (Å²) in [4.78, 5) is 2.39. The molecule has 0 bridgehead atoms. The first-order valence-corrected chi connectivity index (χ1v) is 22.0. The topological polar surface area (TPSA) is 35.9 Å². The van der Waals surface area contributed by atoms with Crippen molar-refractivity contribution in [1.82, 2.24) is 4.57 Å². The molecule has 6 aromatic carbocycles. The van der Waals surface area contributed by atoms with E-state index in [2.05, 4.69) is 169 Å². The Morgan fingerprint density at radius 2 is 1.09 bits per heavy atom. The Balaban J connectivity index is 1.27. The largest absolute Gasteiger partial charge is 0.455 e. The van der Waals surface area contributed by atoms with Gasteiger partial charge < -0.3 is 23.7 Å². The maximum absolute atomic E-state index is 7.36. The van der Waals surface area contributed by atoms with E-state index in [1.165, 1.54) is 16.3 Å². The molecule has 7 heteroatoms. The summed E-state index contributed by atoms with van der Waals surface area (Å²) in [5, 5.41) is 5.57. The number of anilines is 3. The molecule has 1 atom stereocenters. The molecule has 1 aromatic heterocycles. The Kier molecular flexibility index (Phi) is 6.32. The predicted octanol–water partition coefficient (Wildman–Crippen LogP) is 12.5. The van der Waals surface area contributed by atoms with Gasteiger partial charge in [0.05, 0.1) is 50.0 Å². The van der Waals surface area contributed by atoms with Crippen LogP contribution in [0.15, 0.2) is 97.1 Å². The second kappa shape index (κ2) is 10.4. The van der Waals surface area contributed by atoms with Crippen LogP contribution in [-0.2, 0) is 28.1 Å². The molecule has 4 aliphatic heterocycles. The molecule has 0 amide bonds. The number of benzene rings is 6. The minimum atomic E-state index is -2.81. The van der Waals surface area contributed by atoms with E-state index in [0.29, 0.717) is 0 Å². The van der Waals surface area contributed by atoms with Crippen molar-refractivity contribution < 1.29 is 14.2 Å². The zero-order chi connectivity index (χ0) is 38.1.